The van der Waals surface area contributed by atoms with Gasteiger partial charge in [0.05, 0.1) is 12.3 Å². The van der Waals surface area contributed by atoms with E-state index in [1.165, 1.54) is 11.8 Å². The van der Waals surface area contributed by atoms with Crippen LogP contribution in [0.3, 0.4) is 0 Å². The van der Waals surface area contributed by atoms with Crippen LogP contribution >= 0.6 is 11.8 Å². The molecule has 1 aromatic heterocycles. The first kappa shape index (κ1) is 14.5. The summed E-state index contributed by atoms with van der Waals surface area (Å²) in [5.74, 6) is -0.378. The zero-order valence-corrected chi connectivity index (χ0v) is 11.8. The molecule has 0 atom stereocenters. The minimum absolute atomic E-state index is 0.337. The van der Waals surface area contributed by atoms with E-state index in [9.17, 15) is 4.79 Å². The quantitative estimate of drug-likeness (QED) is 0.350. The average Bonchev–Trinajstić information content (AvgIpc) is 2.36. The molecule has 0 unspecified atom stereocenters. The molecule has 1 rings (SSSR count). The van der Waals surface area contributed by atoms with Gasteiger partial charge in [-0.15, -0.1) is 0 Å². The van der Waals surface area contributed by atoms with Crippen molar-refractivity contribution in [2.45, 2.75) is 12.1 Å². The maximum atomic E-state index is 11.9. The summed E-state index contributed by atoms with van der Waals surface area (Å²) >= 11 is 1.43. The molecule has 0 radical (unpaired) electrons. The van der Waals surface area contributed by atoms with Crippen molar-refractivity contribution in [2.24, 2.45) is 0 Å². The van der Waals surface area contributed by atoms with Crippen LogP contribution in [0.15, 0.2) is 23.6 Å². The van der Waals surface area contributed by atoms with Crippen LogP contribution in [0.5, 0.6) is 0 Å². The molecular formula is C12H17N3O2S. The first-order valence-corrected chi connectivity index (χ1v) is 6.73. The summed E-state index contributed by atoms with van der Waals surface area (Å²) in [6.45, 7) is 2.11. The smallest absolute Gasteiger partial charge is 0.341 e. The Bertz CT molecular complexity index is 447. The number of rotatable bonds is 5. The van der Waals surface area contributed by atoms with Crippen molar-refractivity contribution < 1.29 is 9.53 Å². The van der Waals surface area contributed by atoms with Gasteiger partial charge in [0.2, 0.25) is 0 Å². The van der Waals surface area contributed by atoms with E-state index in [1.807, 2.05) is 20.4 Å². The highest BCUT2D eigenvalue weighted by atomic mass is 32.2. The molecule has 0 aliphatic rings. The minimum atomic E-state index is -0.378. The fraction of sp³-hybridized carbons (Fsp3) is 0.417. The fourth-order valence-corrected chi connectivity index (χ4v) is 1.64. The predicted octanol–water partition coefficient (Wildman–Crippen LogP) is 1.66. The van der Waals surface area contributed by atoms with Crippen LogP contribution < -0.4 is 0 Å². The van der Waals surface area contributed by atoms with Gasteiger partial charge in [-0.3, -0.25) is 0 Å². The molecule has 0 aliphatic heterocycles. The van der Waals surface area contributed by atoms with Crippen molar-refractivity contribution in [3.63, 3.8) is 0 Å². The first-order chi connectivity index (χ1) is 8.58. The lowest BCUT2D eigenvalue weighted by molar-refractivity contribution is -0.136. The molecule has 6 heteroatoms. The Morgan fingerprint density at radius 2 is 2.28 bits per heavy atom. The van der Waals surface area contributed by atoms with Gasteiger partial charge in [0.25, 0.3) is 0 Å². The summed E-state index contributed by atoms with van der Waals surface area (Å²) in [5, 5.41) is 0.626. The molecule has 18 heavy (non-hydrogen) atoms. The van der Waals surface area contributed by atoms with Crippen LogP contribution in [0.4, 0.5) is 0 Å². The molecule has 0 N–H and O–H groups in total. The third-order valence-electron chi connectivity index (χ3n) is 1.97. The second-order valence-electron chi connectivity index (χ2n) is 3.66. The van der Waals surface area contributed by atoms with Gasteiger partial charge in [0.1, 0.15) is 5.57 Å². The van der Waals surface area contributed by atoms with Crippen molar-refractivity contribution >= 4 is 23.3 Å². The normalized spacial score (nSPS) is 11.2. The highest BCUT2D eigenvalue weighted by Crippen LogP contribution is 2.17. The van der Waals surface area contributed by atoms with Crippen molar-refractivity contribution in [1.29, 1.82) is 0 Å². The van der Waals surface area contributed by atoms with E-state index < -0.39 is 0 Å². The Morgan fingerprint density at radius 1 is 1.56 bits per heavy atom. The standard InChI is InChI=1S/C12H17N3O2S/c1-5-17-11(16)9(8-15(2)3)10-6-7-13-12(14-10)18-4/h6-8H,5H2,1-4H3/b9-8+. The van der Waals surface area contributed by atoms with Crippen LogP contribution in [-0.4, -0.2) is 47.8 Å². The molecule has 0 saturated carbocycles. The third-order valence-corrected chi connectivity index (χ3v) is 2.54. The van der Waals surface area contributed by atoms with E-state index in [0.717, 1.165) is 0 Å². The molecule has 98 valence electrons. The van der Waals surface area contributed by atoms with Crippen LogP contribution in [0.25, 0.3) is 5.57 Å². The van der Waals surface area contributed by atoms with Crippen LogP contribution in [0.2, 0.25) is 0 Å². The minimum Gasteiger partial charge on any atom is -0.462 e. The second-order valence-corrected chi connectivity index (χ2v) is 4.43. The number of aromatic nitrogens is 2. The summed E-state index contributed by atoms with van der Waals surface area (Å²) in [4.78, 5) is 22.1. The Morgan fingerprint density at radius 3 is 2.83 bits per heavy atom. The van der Waals surface area contributed by atoms with Crippen molar-refractivity contribution in [2.75, 3.05) is 27.0 Å². The number of esters is 1. The molecule has 0 saturated heterocycles. The van der Waals surface area contributed by atoms with Gasteiger partial charge in [-0.2, -0.15) is 0 Å². The number of thioether (sulfide) groups is 1. The Kier molecular flexibility index (Phi) is 5.64. The summed E-state index contributed by atoms with van der Waals surface area (Å²) in [6.07, 6.45) is 5.22. The molecule has 5 nitrogen and oxygen atoms in total. The van der Waals surface area contributed by atoms with E-state index in [0.29, 0.717) is 23.0 Å². The summed E-state index contributed by atoms with van der Waals surface area (Å²) < 4.78 is 5.03. The predicted molar refractivity (Wildman–Crippen MR) is 72.1 cm³/mol. The molecule has 0 spiro atoms. The SMILES string of the molecule is CCOC(=O)/C(=C/N(C)C)c1ccnc(SC)n1. The number of carbonyl (C=O) groups excluding carboxylic acids is 1. The lowest BCUT2D eigenvalue weighted by Gasteiger charge is -2.11. The van der Waals surface area contributed by atoms with E-state index in [-0.39, 0.29) is 5.97 Å². The maximum absolute atomic E-state index is 11.9. The Hall–Kier alpha value is -1.56. The Balaban J connectivity index is 3.13. The second kappa shape index (κ2) is 7.00. The summed E-state index contributed by atoms with van der Waals surface area (Å²) in [6, 6.07) is 1.70. The molecule has 1 heterocycles. The molecule has 0 amide bonds. The van der Waals surface area contributed by atoms with Gasteiger partial charge in [-0.25, -0.2) is 14.8 Å². The summed E-state index contributed by atoms with van der Waals surface area (Å²) in [5.41, 5.74) is 1.00. The van der Waals surface area contributed by atoms with Crippen LogP contribution in [0, 0.1) is 0 Å². The lowest BCUT2D eigenvalue weighted by Crippen LogP contribution is -2.13. The topological polar surface area (TPSA) is 55.3 Å². The fourth-order valence-electron chi connectivity index (χ4n) is 1.28. The molecule has 0 fully saturated rings. The van der Waals surface area contributed by atoms with Gasteiger partial charge in [0.15, 0.2) is 5.16 Å². The zero-order valence-electron chi connectivity index (χ0n) is 11.0. The molecule has 0 bridgehead atoms. The van der Waals surface area contributed by atoms with Crippen molar-refractivity contribution in [3.8, 4) is 0 Å². The van der Waals surface area contributed by atoms with Crippen LogP contribution in [-0.2, 0) is 9.53 Å². The van der Waals surface area contributed by atoms with Gasteiger partial charge in [0, 0.05) is 26.5 Å². The number of hydrogen-bond donors (Lipinski definition) is 0. The average molecular weight is 267 g/mol. The van der Waals surface area contributed by atoms with Gasteiger partial charge >= 0.3 is 5.97 Å². The van der Waals surface area contributed by atoms with E-state index >= 15 is 0 Å². The molecule has 1 aromatic rings. The van der Waals surface area contributed by atoms with Gasteiger partial charge in [-0.05, 0) is 19.2 Å². The monoisotopic (exact) mass is 267 g/mol. The number of hydrogen-bond acceptors (Lipinski definition) is 6. The van der Waals surface area contributed by atoms with Crippen molar-refractivity contribution in [3.05, 3.63) is 24.2 Å². The maximum Gasteiger partial charge on any atom is 0.341 e. The molecular weight excluding hydrogens is 250 g/mol. The van der Waals surface area contributed by atoms with Gasteiger partial charge in [-0.1, -0.05) is 11.8 Å². The van der Waals surface area contributed by atoms with Gasteiger partial charge < -0.3 is 9.64 Å². The number of carbonyl (C=O) groups is 1. The van der Waals surface area contributed by atoms with E-state index in [1.54, 1.807) is 30.3 Å². The third kappa shape index (κ3) is 4.03. The number of nitrogens with zero attached hydrogens (tertiary/aromatic N) is 3. The zero-order chi connectivity index (χ0) is 13.5. The number of ether oxygens (including phenoxy) is 1. The summed E-state index contributed by atoms with van der Waals surface area (Å²) in [7, 11) is 3.69. The van der Waals surface area contributed by atoms with Crippen molar-refractivity contribution in [1.82, 2.24) is 14.9 Å². The molecule has 0 aromatic carbocycles. The Labute approximate surface area is 111 Å². The first-order valence-electron chi connectivity index (χ1n) is 5.51. The van der Waals surface area contributed by atoms with E-state index in [2.05, 4.69) is 9.97 Å². The highest BCUT2D eigenvalue weighted by Gasteiger charge is 2.15. The largest absolute Gasteiger partial charge is 0.462 e. The highest BCUT2D eigenvalue weighted by molar-refractivity contribution is 7.98. The van der Waals surface area contributed by atoms with Crippen LogP contribution in [0.1, 0.15) is 12.6 Å². The van der Waals surface area contributed by atoms with E-state index in [4.69, 9.17) is 4.74 Å². The molecule has 0 aliphatic carbocycles. The lowest BCUT2D eigenvalue weighted by atomic mass is 10.2.